The summed E-state index contributed by atoms with van der Waals surface area (Å²) < 4.78 is 0. The summed E-state index contributed by atoms with van der Waals surface area (Å²) in [6, 6.07) is 0. The van der Waals surface area contributed by atoms with E-state index in [-0.39, 0.29) is 24.4 Å². The van der Waals surface area contributed by atoms with Crippen molar-refractivity contribution in [3.8, 4) is 12.3 Å². The summed E-state index contributed by atoms with van der Waals surface area (Å²) in [6.45, 7) is 3.41. The Balaban J connectivity index is 4.09. The minimum Gasteiger partial charge on any atom is -0.478 e. The zero-order chi connectivity index (χ0) is 10.4. The van der Waals surface area contributed by atoms with E-state index < -0.39 is 5.97 Å². The number of nitrogens with zero attached hydrogens (tertiary/aromatic N) is 1. The molecule has 1 amide bonds. The van der Waals surface area contributed by atoms with Gasteiger partial charge in [-0.15, -0.1) is 6.42 Å². The average Bonchev–Trinajstić information content (AvgIpc) is 2.04. The summed E-state index contributed by atoms with van der Waals surface area (Å²) in [6.07, 6.45) is 4.77. The van der Waals surface area contributed by atoms with Crippen LogP contribution < -0.4 is 0 Å². The lowest BCUT2D eigenvalue weighted by Crippen LogP contribution is -2.27. The van der Waals surface area contributed by atoms with Crippen LogP contribution >= 0.6 is 0 Å². The molecule has 0 saturated heterocycles. The molecule has 70 valence electrons. The van der Waals surface area contributed by atoms with E-state index in [1.54, 1.807) is 0 Å². The molecule has 0 aromatic carbocycles. The molecule has 0 atom stereocenters. The zero-order valence-electron chi connectivity index (χ0n) is 7.41. The van der Waals surface area contributed by atoms with Crippen LogP contribution in [0.25, 0.3) is 0 Å². The minimum atomic E-state index is -1.16. The second-order valence-corrected chi connectivity index (χ2v) is 2.54. The van der Waals surface area contributed by atoms with Gasteiger partial charge >= 0.3 is 5.97 Å². The molecular formula is C9H11NO3. The SMILES string of the molecule is C#CCN(C)C(=O)CC(=C)C(=O)O. The number of carbonyl (C=O) groups is 2. The van der Waals surface area contributed by atoms with Gasteiger partial charge in [-0.1, -0.05) is 12.5 Å². The monoisotopic (exact) mass is 181 g/mol. The quantitative estimate of drug-likeness (QED) is 0.494. The van der Waals surface area contributed by atoms with Crippen LogP contribution in [0.15, 0.2) is 12.2 Å². The van der Waals surface area contributed by atoms with E-state index in [0.29, 0.717) is 0 Å². The molecule has 0 aliphatic rings. The molecule has 13 heavy (non-hydrogen) atoms. The van der Waals surface area contributed by atoms with Gasteiger partial charge in [-0.2, -0.15) is 0 Å². The number of terminal acetylenes is 1. The van der Waals surface area contributed by atoms with Crippen LogP contribution in [0.2, 0.25) is 0 Å². The van der Waals surface area contributed by atoms with Crippen molar-refractivity contribution in [2.45, 2.75) is 6.42 Å². The molecule has 0 bridgehead atoms. The number of hydrogen-bond donors (Lipinski definition) is 1. The summed E-state index contributed by atoms with van der Waals surface area (Å²) in [7, 11) is 1.51. The van der Waals surface area contributed by atoms with Gasteiger partial charge in [-0.25, -0.2) is 4.79 Å². The van der Waals surface area contributed by atoms with Crippen LogP contribution in [-0.2, 0) is 9.59 Å². The Morgan fingerprint density at radius 3 is 2.54 bits per heavy atom. The van der Waals surface area contributed by atoms with Gasteiger partial charge in [-0.3, -0.25) is 4.79 Å². The van der Waals surface area contributed by atoms with Crippen molar-refractivity contribution in [3.63, 3.8) is 0 Å². The molecule has 4 nitrogen and oxygen atoms in total. The van der Waals surface area contributed by atoms with Gasteiger partial charge in [0.2, 0.25) is 5.91 Å². The number of carboxylic acid groups (broad SMARTS) is 1. The smallest absolute Gasteiger partial charge is 0.331 e. The predicted molar refractivity (Wildman–Crippen MR) is 47.9 cm³/mol. The first kappa shape index (κ1) is 11.2. The highest BCUT2D eigenvalue weighted by atomic mass is 16.4. The third-order valence-corrected chi connectivity index (χ3v) is 1.42. The first-order chi connectivity index (χ1) is 5.99. The first-order valence-electron chi connectivity index (χ1n) is 3.57. The summed E-state index contributed by atoms with van der Waals surface area (Å²) in [5, 5.41) is 8.43. The van der Waals surface area contributed by atoms with Crippen LogP contribution in [0.3, 0.4) is 0 Å². The Morgan fingerprint density at radius 1 is 1.62 bits per heavy atom. The lowest BCUT2D eigenvalue weighted by molar-refractivity contribution is -0.135. The minimum absolute atomic E-state index is 0.131. The van der Waals surface area contributed by atoms with Crippen molar-refractivity contribution >= 4 is 11.9 Å². The van der Waals surface area contributed by atoms with Gasteiger partial charge in [-0.05, 0) is 0 Å². The Morgan fingerprint density at radius 2 is 2.15 bits per heavy atom. The highest BCUT2D eigenvalue weighted by Gasteiger charge is 2.12. The normalized spacial score (nSPS) is 8.62. The fourth-order valence-electron chi connectivity index (χ4n) is 0.618. The molecule has 0 rings (SSSR count). The summed E-state index contributed by atoms with van der Waals surface area (Å²) >= 11 is 0. The lowest BCUT2D eigenvalue weighted by atomic mass is 10.2. The number of carbonyl (C=O) groups excluding carboxylic acids is 1. The molecule has 0 aromatic rings. The van der Waals surface area contributed by atoms with Crippen LogP contribution in [0, 0.1) is 12.3 Å². The van der Waals surface area contributed by atoms with Gasteiger partial charge in [0.25, 0.3) is 0 Å². The molecule has 0 aliphatic heterocycles. The fraction of sp³-hybridized carbons (Fsp3) is 0.333. The summed E-state index contributed by atoms with van der Waals surface area (Å²) in [5.74, 6) is 0.772. The lowest BCUT2D eigenvalue weighted by Gasteiger charge is -2.13. The Labute approximate surface area is 76.8 Å². The van der Waals surface area contributed by atoms with Crippen LogP contribution in [0.4, 0.5) is 0 Å². The van der Waals surface area contributed by atoms with Gasteiger partial charge in [0.15, 0.2) is 0 Å². The van der Waals surface area contributed by atoms with Crippen molar-refractivity contribution in [2.24, 2.45) is 0 Å². The van der Waals surface area contributed by atoms with E-state index in [0.717, 1.165) is 0 Å². The first-order valence-corrected chi connectivity index (χ1v) is 3.57. The summed E-state index contributed by atoms with van der Waals surface area (Å²) in [4.78, 5) is 22.7. The van der Waals surface area contributed by atoms with Crippen LogP contribution in [0.1, 0.15) is 6.42 Å². The van der Waals surface area contributed by atoms with Crippen molar-refractivity contribution in [2.75, 3.05) is 13.6 Å². The van der Waals surface area contributed by atoms with Gasteiger partial charge in [0.1, 0.15) is 0 Å². The molecule has 4 heteroatoms. The summed E-state index contributed by atoms with van der Waals surface area (Å²) in [5.41, 5.74) is -0.131. The molecule has 0 fully saturated rings. The largest absolute Gasteiger partial charge is 0.478 e. The molecule has 0 aliphatic carbocycles. The van der Waals surface area contributed by atoms with E-state index in [1.165, 1.54) is 11.9 Å². The highest BCUT2D eigenvalue weighted by molar-refractivity contribution is 5.93. The van der Waals surface area contributed by atoms with Crippen molar-refractivity contribution in [3.05, 3.63) is 12.2 Å². The molecule has 0 unspecified atom stereocenters. The van der Waals surface area contributed by atoms with E-state index in [9.17, 15) is 9.59 Å². The zero-order valence-corrected chi connectivity index (χ0v) is 7.41. The molecule has 1 N–H and O–H groups in total. The van der Waals surface area contributed by atoms with Gasteiger partial charge in [0.05, 0.1) is 13.0 Å². The molecule has 0 radical (unpaired) electrons. The van der Waals surface area contributed by atoms with Crippen molar-refractivity contribution in [1.82, 2.24) is 4.90 Å². The Hall–Kier alpha value is -1.76. The van der Waals surface area contributed by atoms with Crippen LogP contribution in [-0.4, -0.2) is 35.5 Å². The van der Waals surface area contributed by atoms with E-state index in [1.807, 2.05) is 0 Å². The Bertz CT molecular complexity index is 275. The van der Waals surface area contributed by atoms with Crippen molar-refractivity contribution < 1.29 is 14.7 Å². The molecular weight excluding hydrogens is 170 g/mol. The predicted octanol–water partition coefficient (Wildman–Crippen LogP) is 0.109. The average molecular weight is 181 g/mol. The van der Waals surface area contributed by atoms with Gasteiger partial charge in [0, 0.05) is 12.6 Å². The maximum atomic E-state index is 11.2. The number of hydrogen-bond acceptors (Lipinski definition) is 2. The number of amides is 1. The highest BCUT2D eigenvalue weighted by Crippen LogP contribution is 2.00. The third-order valence-electron chi connectivity index (χ3n) is 1.42. The van der Waals surface area contributed by atoms with Crippen LogP contribution in [0.5, 0.6) is 0 Å². The topological polar surface area (TPSA) is 57.6 Å². The van der Waals surface area contributed by atoms with E-state index >= 15 is 0 Å². The van der Waals surface area contributed by atoms with E-state index in [4.69, 9.17) is 11.5 Å². The number of carboxylic acids is 1. The van der Waals surface area contributed by atoms with Gasteiger partial charge < -0.3 is 10.0 Å². The fourth-order valence-corrected chi connectivity index (χ4v) is 0.618. The molecule has 0 spiro atoms. The second-order valence-electron chi connectivity index (χ2n) is 2.54. The Kier molecular flexibility index (Phi) is 4.31. The van der Waals surface area contributed by atoms with E-state index in [2.05, 4.69) is 12.5 Å². The molecule has 0 aromatic heterocycles. The maximum Gasteiger partial charge on any atom is 0.331 e. The number of rotatable bonds is 4. The maximum absolute atomic E-state index is 11.2. The third kappa shape index (κ3) is 3.97. The standard InChI is InChI=1S/C9H11NO3/c1-4-5-10(3)8(11)6-7(2)9(12)13/h1H,2,5-6H2,3H3,(H,12,13). The number of aliphatic carboxylic acids is 1. The molecule has 0 saturated carbocycles. The molecule has 0 heterocycles. The second kappa shape index (κ2) is 4.99. The van der Waals surface area contributed by atoms with Crippen molar-refractivity contribution in [1.29, 1.82) is 0 Å².